The van der Waals surface area contributed by atoms with Crippen molar-refractivity contribution >= 4 is 40.6 Å². The fraction of sp³-hybridized carbons (Fsp3) is 0.300. The predicted octanol–water partition coefficient (Wildman–Crippen LogP) is 9.76. The summed E-state index contributed by atoms with van der Waals surface area (Å²) in [6.07, 6.45) is 11.0. The molecule has 0 amide bonds. The molecule has 0 N–H and O–H groups in total. The molecule has 0 atom stereocenters. The van der Waals surface area contributed by atoms with Crippen LogP contribution in [-0.2, 0) is 40.6 Å². The van der Waals surface area contributed by atoms with Crippen LogP contribution in [0.4, 0.5) is 0 Å². The molecule has 4 aromatic carbocycles. The molecule has 0 heterocycles. The van der Waals surface area contributed by atoms with Crippen LogP contribution in [0.25, 0.3) is 11.1 Å². The molecule has 0 fully saturated rings. The molecule has 0 radical (unpaired) electrons. The summed E-state index contributed by atoms with van der Waals surface area (Å²) in [5.74, 6) is 0. The fourth-order valence-electron chi connectivity index (χ4n) is 4.98. The van der Waals surface area contributed by atoms with Crippen LogP contribution >= 0.6 is 24.8 Å². The fourth-order valence-corrected chi connectivity index (χ4v) is 8.77. The molecule has 0 aromatic heterocycles. The van der Waals surface area contributed by atoms with Crippen molar-refractivity contribution in [1.29, 1.82) is 0 Å². The van der Waals surface area contributed by atoms with Gasteiger partial charge in [0.05, 0.1) is 0 Å². The Bertz CT molecular complexity index is 1480. The van der Waals surface area contributed by atoms with Crippen LogP contribution < -0.4 is 10.4 Å². The van der Waals surface area contributed by atoms with Crippen LogP contribution in [0.1, 0.15) is 81.3 Å². The van der Waals surface area contributed by atoms with E-state index in [1.807, 2.05) is 12.2 Å². The molecule has 0 unspecified atom stereocenters. The minimum atomic E-state index is -0.488. The van der Waals surface area contributed by atoms with E-state index in [2.05, 4.69) is 152 Å². The van der Waals surface area contributed by atoms with E-state index < -0.39 is 5.43 Å². The largest absolute Gasteiger partial charge is 0.273 e. The van der Waals surface area contributed by atoms with E-state index in [1.54, 1.807) is 23.3 Å². The second-order valence-electron chi connectivity index (χ2n) is 13.4. The first-order valence-corrected chi connectivity index (χ1v) is 20.2. The topological polar surface area (TPSA) is 0 Å². The van der Waals surface area contributed by atoms with Gasteiger partial charge in [0.1, 0.15) is 0 Å². The zero-order valence-corrected chi connectivity index (χ0v) is 32.6. The summed E-state index contributed by atoms with van der Waals surface area (Å²) in [5.41, 5.74) is 10.9. The third-order valence-electron chi connectivity index (χ3n) is 7.73. The predicted molar refractivity (Wildman–Crippen MR) is 194 cm³/mol. The molecule has 2 aliphatic rings. The molecule has 4 heteroatoms. The monoisotopic (exact) mass is 714 g/mol. The molecule has 0 bridgehead atoms. The Morgan fingerprint density at radius 2 is 1.23 bits per heavy atom. The van der Waals surface area contributed by atoms with Crippen molar-refractivity contribution in [3.63, 3.8) is 0 Å². The van der Waals surface area contributed by atoms with Crippen LogP contribution in [0.5, 0.6) is 0 Å². The van der Waals surface area contributed by atoms with Crippen molar-refractivity contribution < 1.29 is 23.3 Å². The van der Waals surface area contributed by atoms with Crippen LogP contribution in [0, 0.1) is 26.0 Å². The molecular formula is C40H46Cl2SiZr. The first-order chi connectivity index (χ1) is 19.8. The van der Waals surface area contributed by atoms with Gasteiger partial charge in [0.2, 0.25) is 0 Å². The smallest absolute Gasteiger partial charge is 0.109 e. The minimum Gasteiger partial charge on any atom is -0.273 e. The Morgan fingerprint density at radius 3 is 1.66 bits per heavy atom. The van der Waals surface area contributed by atoms with Crippen molar-refractivity contribution in [1.82, 2.24) is 0 Å². The van der Waals surface area contributed by atoms with E-state index in [0.717, 1.165) is 12.8 Å². The molecule has 6 rings (SSSR count). The molecule has 4 aromatic rings. The first-order valence-electron chi connectivity index (χ1n) is 15.0. The first kappa shape index (κ1) is 38.2. The van der Waals surface area contributed by atoms with E-state index in [4.69, 9.17) is 0 Å². The van der Waals surface area contributed by atoms with Crippen molar-refractivity contribution in [2.75, 3.05) is 0 Å². The molecule has 44 heavy (non-hydrogen) atoms. The number of halogens is 2. The Balaban J connectivity index is 0.000000260. The summed E-state index contributed by atoms with van der Waals surface area (Å²) < 4.78 is 0. The number of allylic oxidation sites excluding steroid dienone is 4. The molecule has 228 valence electrons. The normalized spacial score (nSPS) is 12.4. The van der Waals surface area contributed by atoms with Gasteiger partial charge >= 0.3 is 113 Å². The van der Waals surface area contributed by atoms with Crippen LogP contribution in [0.2, 0.25) is 0 Å². The summed E-state index contributed by atoms with van der Waals surface area (Å²) >= 11 is 1.65. The second kappa shape index (κ2) is 16.6. The van der Waals surface area contributed by atoms with E-state index in [9.17, 15) is 0 Å². The van der Waals surface area contributed by atoms with Gasteiger partial charge in [-0.05, 0) is 28.4 Å². The van der Waals surface area contributed by atoms with E-state index in [0.29, 0.717) is 0 Å². The SMILES string of the molecule is CC(C)(C)c1[c-]c2c(cc1)-c1ccc(C(C)(C)C)cc1C2.Cc1ccc([Si](=[Zr+2])c2ccc(C)cc2)cc1.Cl.Cl.[C-]1=CC=CC1. The van der Waals surface area contributed by atoms with Crippen LogP contribution in [0.15, 0.2) is 97.1 Å². The van der Waals surface area contributed by atoms with Gasteiger partial charge in [-0.25, -0.2) is 12.2 Å². The zero-order chi connectivity index (χ0) is 30.5. The number of hydrogen-bond donors (Lipinski definition) is 0. The number of fused-ring (bicyclic) bond motifs is 3. The van der Waals surface area contributed by atoms with Gasteiger partial charge < -0.3 is 0 Å². The van der Waals surface area contributed by atoms with Gasteiger partial charge in [0.15, 0.2) is 0 Å². The third-order valence-corrected chi connectivity index (χ3v) is 13.8. The van der Waals surface area contributed by atoms with Crippen LogP contribution in [0.3, 0.4) is 0 Å². The van der Waals surface area contributed by atoms with E-state index in [1.165, 1.54) is 54.9 Å². The molecule has 0 spiro atoms. The Morgan fingerprint density at radius 1 is 0.682 bits per heavy atom. The molecule has 2 aliphatic carbocycles. The Labute approximate surface area is 294 Å². The summed E-state index contributed by atoms with van der Waals surface area (Å²) in [6, 6.07) is 33.2. The standard InChI is InChI=1S/C21H25.C14H14Si.C5H5.2ClH.Zr/c1-20(2,3)16-7-9-18-14(12-16)11-15-13-17(21(4,5)6)8-10-19(15)18;1-11-3-7-13(8-4-11)15-14-9-5-12(2)6-10-14;1-2-4-5-3-1;;;/h7-10,12H,11H2,1-6H3;3-10H,1-2H3;1-3H,4H2;2*1H;/q-1;;-1;;;+2. The van der Waals surface area contributed by atoms with Crippen molar-refractivity contribution in [3.8, 4) is 11.1 Å². The summed E-state index contributed by atoms with van der Waals surface area (Å²) in [4.78, 5) is 0. The average Bonchev–Trinajstić information content (AvgIpc) is 3.64. The van der Waals surface area contributed by atoms with Gasteiger partial charge in [-0.15, -0.1) is 42.4 Å². The molecule has 0 saturated heterocycles. The maximum absolute atomic E-state index is 3.67. The quantitative estimate of drug-likeness (QED) is 0.126. The molecule has 0 aliphatic heterocycles. The summed E-state index contributed by atoms with van der Waals surface area (Å²) in [5, 5.41) is 3.05. The summed E-state index contributed by atoms with van der Waals surface area (Å²) in [7, 11) is 0. The second-order valence-corrected chi connectivity index (χ2v) is 19.0. The van der Waals surface area contributed by atoms with Gasteiger partial charge in [-0.3, -0.25) is 6.08 Å². The Hall–Kier alpha value is -1.96. The van der Waals surface area contributed by atoms with Gasteiger partial charge in [0, 0.05) is 0 Å². The number of benzene rings is 4. The van der Waals surface area contributed by atoms with Gasteiger partial charge in [0.25, 0.3) is 0 Å². The average molecular weight is 717 g/mol. The van der Waals surface area contributed by atoms with Crippen molar-refractivity contribution in [2.45, 2.75) is 79.1 Å². The van der Waals surface area contributed by atoms with E-state index in [-0.39, 0.29) is 35.6 Å². The van der Waals surface area contributed by atoms with Crippen molar-refractivity contribution in [3.05, 3.63) is 143 Å². The molecule has 0 saturated carbocycles. The van der Waals surface area contributed by atoms with E-state index >= 15 is 0 Å². The molecular weight excluding hydrogens is 671 g/mol. The minimum absolute atomic E-state index is 0. The van der Waals surface area contributed by atoms with Gasteiger partial charge in [-0.1, -0.05) is 65.3 Å². The third kappa shape index (κ3) is 10.3. The maximum Gasteiger partial charge on any atom is -0.109 e. The number of rotatable bonds is 2. The molecule has 0 nitrogen and oxygen atoms in total. The van der Waals surface area contributed by atoms with Crippen molar-refractivity contribution in [2.24, 2.45) is 0 Å². The Kier molecular flexibility index (Phi) is 14.4. The maximum atomic E-state index is 3.67. The summed E-state index contributed by atoms with van der Waals surface area (Å²) in [6.45, 7) is 17.9. The van der Waals surface area contributed by atoms with Gasteiger partial charge in [-0.2, -0.15) is 29.8 Å². The van der Waals surface area contributed by atoms with Crippen LogP contribution in [-0.4, -0.2) is 5.43 Å². The number of hydrogen-bond acceptors (Lipinski definition) is 0. The number of aryl methyl sites for hydroxylation is 2. The zero-order valence-electron chi connectivity index (χ0n) is 27.5.